The van der Waals surface area contributed by atoms with E-state index in [2.05, 4.69) is 14.8 Å². The predicted octanol–water partition coefficient (Wildman–Crippen LogP) is 3.84. The lowest BCUT2D eigenvalue weighted by Gasteiger charge is -2.36. The lowest BCUT2D eigenvalue weighted by molar-refractivity contribution is -0.113. The van der Waals surface area contributed by atoms with Crippen LogP contribution < -0.4 is 4.90 Å². The van der Waals surface area contributed by atoms with E-state index in [4.69, 9.17) is 11.6 Å². The molecule has 1 saturated heterocycles. The van der Waals surface area contributed by atoms with Gasteiger partial charge in [-0.1, -0.05) is 23.7 Å². The lowest BCUT2D eigenvalue weighted by atomic mass is 10.2. The van der Waals surface area contributed by atoms with E-state index in [9.17, 15) is 9.90 Å². The zero-order chi connectivity index (χ0) is 18.8. The smallest absolute Gasteiger partial charge is 0.286 e. The largest absolute Gasteiger partial charge is 0.508 e. The number of amidine groups is 1. The van der Waals surface area contributed by atoms with Gasteiger partial charge in [0.15, 0.2) is 5.17 Å². The van der Waals surface area contributed by atoms with E-state index in [1.54, 1.807) is 24.3 Å². The summed E-state index contributed by atoms with van der Waals surface area (Å²) in [5.74, 6) is 0.00116. The lowest BCUT2D eigenvalue weighted by Crippen LogP contribution is -2.47. The van der Waals surface area contributed by atoms with Crippen LogP contribution in [0.15, 0.2) is 58.4 Å². The van der Waals surface area contributed by atoms with Crippen LogP contribution >= 0.6 is 23.4 Å². The van der Waals surface area contributed by atoms with Crippen LogP contribution in [0, 0.1) is 0 Å². The first kappa shape index (κ1) is 17.9. The predicted molar refractivity (Wildman–Crippen MR) is 111 cm³/mol. The molecule has 7 heteroatoms. The van der Waals surface area contributed by atoms with E-state index in [-0.39, 0.29) is 11.7 Å². The molecule has 1 fully saturated rings. The summed E-state index contributed by atoms with van der Waals surface area (Å²) < 4.78 is 0. The van der Waals surface area contributed by atoms with Gasteiger partial charge in [0, 0.05) is 36.9 Å². The van der Waals surface area contributed by atoms with Crippen LogP contribution in [0.5, 0.6) is 5.75 Å². The molecule has 27 heavy (non-hydrogen) atoms. The van der Waals surface area contributed by atoms with Crippen molar-refractivity contribution in [2.45, 2.75) is 0 Å². The molecule has 0 spiro atoms. The molecule has 0 atom stereocenters. The molecule has 2 heterocycles. The summed E-state index contributed by atoms with van der Waals surface area (Å²) >= 11 is 7.37. The van der Waals surface area contributed by atoms with Gasteiger partial charge in [0.1, 0.15) is 5.75 Å². The van der Waals surface area contributed by atoms with Crippen LogP contribution in [-0.4, -0.2) is 47.3 Å². The Morgan fingerprint density at radius 3 is 2.26 bits per heavy atom. The van der Waals surface area contributed by atoms with E-state index in [1.165, 1.54) is 11.8 Å². The molecule has 1 amide bonds. The van der Waals surface area contributed by atoms with E-state index >= 15 is 0 Å². The Labute approximate surface area is 167 Å². The minimum atomic E-state index is -0.205. The number of hydrogen-bond acceptors (Lipinski definition) is 5. The van der Waals surface area contributed by atoms with Crippen molar-refractivity contribution in [3.8, 4) is 5.75 Å². The summed E-state index contributed by atoms with van der Waals surface area (Å²) in [6, 6.07) is 14.6. The minimum absolute atomic E-state index is 0.205. The quantitative estimate of drug-likeness (QED) is 0.777. The number of benzene rings is 2. The maximum atomic E-state index is 12.2. The molecule has 0 bridgehead atoms. The molecule has 5 nitrogen and oxygen atoms in total. The van der Waals surface area contributed by atoms with Crippen LogP contribution in [0.3, 0.4) is 0 Å². The third kappa shape index (κ3) is 4.12. The van der Waals surface area contributed by atoms with E-state index < -0.39 is 0 Å². The second-order valence-electron chi connectivity index (χ2n) is 6.35. The summed E-state index contributed by atoms with van der Waals surface area (Å²) in [6.07, 6.45) is 1.81. The number of carbonyl (C=O) groups excluding carboxylic acids is 1. The van der Waals surface area contributed by atoms with E-state index in [0.29, 0.717) is 4.91 Å². The van der Waals surface area contributed by atoms with Crippen LogP contribution in [0.1, 0.15) is 5.56 Å². The van der Waals surface area contributed by atoms with E-state index in [1.807, 2.05) is 30.3 Å². The maximum absolute atomic E-state index is 12.2. The zero-order valence-corrected chi connectivity index (χ0v) is 16.1. The summed E-state index contributed by atoms with van der Waals surface area (Å²) in [5.41, 5.74) is 2.02. The number of halogens is 1. The molecule has 2 aromatic rings. The van der Waals surface area contributed by atoms with Gasteiger partial charge in [-0.2, -0.15) is 4.99 Å². The number of thioether (sulfide) groups is 1. The standard InChI is InChI=1S/C20H18ClN3O2S/c21-15-3-5-16(6-4-15)23-9-11-24(12-10-23)20-22-19(26)18(27-20)13-14-1-7-17(25)8-2-14/h1-8,13,25H,9-12H2. The Balaban J connectivity index is 1.39. The molecule has 138 valence electrons. The molecule has 0 saturated carbocycles. The van der Waals surface area contributed by atoms with Crippen LogP contribution in [0.2, 0.25) is 5.02 Å². The second-order valence-corrected chi connectivity index (χ2v) is 7.80. The molecular weight excluding hydrogens is 382 g/mol. The zero-order valence-electron chi connectivity index (χ0n) is 14.5. The monoisotopic (exact) mass is 399 g/mol. The topological polar surface area (TPSA) is 56.1 Å². The summed E-state index contributed by atoms with van der Waals surface area (Å²) in [5, 5.41) is 10.9. The minimum Gasteiger partial charge on any atom is -0.508 e. The Bertz CT molecular complexity index is 902. The maximum Gasteiger partial charge on any atom is 0.286 e. The number of hydrogen-bond donors (Lipinski definition) is 1. The van der Waals surface area contributed by atoms with Crippen molar-refractivity contribution in [1.29, 1.82) is 0 Å². The first-order valence-corrected chi connectivity index (χ1v) is 9.85. The fraction of sp³-hybridized carbons (Fsp3) is 0.200. The molecule has 2 aliphatic heterocycles. The van der Waals surface area contributed by atoms with Crippen molar-refractivity contribution in [2.24, 2.45) is 4.99 Å². The molecule has 0 radical (unpaired) electrons. The Kier molecular flexibility index (Phi) is 5.09. The molecular formula is C20H18ClN3O2S. The van der Waals surface area contributed by atoms with Crippen LogP contribution in [-0.2, 0) is 4.79 Å². The number of phenolic OH excluding ortho intramolecular Hbond substituents is 1. The van der Waals surface area contributed by atoms with Gasteiger partial charge in [-0.05, 0) is 59.8 Å². The molecule has 0 aromatic heterocycles. The van der Waals surface area contributed by atoms with Gasteiger partial charge < -0.3 is 14.9 Å². The van der Waals surface area contributed by atoms with Gasteiger partial charge in [0.05, 0.1) is 4.91 Å². The van der Waals surface area contributed by atoms with Crippen molar-refractivity contribution in [2.75, 3.05) is 31.1 Å². The Morgan fingerprint density at radius 2 is 1.59 bits per heavy atom. The number of amides is 1. The Hall–Kier alpha value is -2.44. The average molecular weight is 400 g/mol. The van der Waals surface area contributed by atoms with Crippen molar-refractivity contribution in [3.63, 3.8) is 0 Å². The van der Waals surface area contributed by atoms with Gasteiger partial charge in [0.2, 0.25) is 0 Å². The van der Waals surface area contributed by atoms with Crippen molar-refractivity contribution < 1.29 is 9.90 Å². The normalized spacial score (nSPS) is 18.9. The molecule has 2 aromatic carbocycles. The van der Waals surface area contributed by atoms with Crippen LogP contribution in [0.4, 0.5) is 5.69 Å². The number of carbonyl (C=O) groups is 1. The summed E-state index contributed by atoms with van der Waals surface area (Å²) in [6.45, 7) is 3.36. The highest BCUT2D eigenvalue weighted by Crippen LogP contribution is 2.31. The van der Waals surface area contributed by atoms with Crippen molar-refractivity contribution in [1.82, 2.24) is 4.90 Å². The third-order valence-corrected chi connectivity index (χ3v) is 5.84. The number of piperazine rings is 1. The Morgan fingerprint density at radius 1 is 0.963 bits per heavy atom. The van der Waals surface area contributed by atoms with Gasteiger partial charge in [-0.25, -0.2) is 0 Å². The molecule has 2 aliphatic rings. The molecule has 4 rings (SSSR count). The van der Waals surface area contributed by atoms with Crippen molar-refractivity contribution >= 4 is 46.2 Å². The van der Waals surface area contributed by atoms with Gasteiger partial charge in [-0.15, -0.1) is 0 Å². The van der Waals surface area contributed by atoms with Gasteiger partial charge in [-0.3, -0.25) is 4.79 Å². The van der Waals surface area contributed by atoms with E-state index in [0.717, 1.165) is 47.6 Å². The first-order valence-electron chi connectivity index (χ1n) is 8.65. The number of phenols is 1. The SMILES string of the molecule is O=C1N=C(N2CCN(c3ccc(Cl)cc3)CC2)SC1=Cc1ccc(O)cc1. The number of rotatable bonds is 2. The number of aromatic hydroxyl groups is 1. The highest BCUT2D eigenvalue weighted by molar-refractivity contribution is 8.18. The number of nitrogens with zero attached hydrogens (tertiary/aromatic N) is 3. The second kappa shape index (κ2) is 7.66. The van der Waals surface area contributed by atoms with Gasteiger partial charge in [0.25, 0.3) is 5.91 Å². The van der Waals surface area contributed by atoms with Crippen molar-refractivity contribution in [3.05, 3.63) is 64.0 Å². The summed E-state index contributed by atoms with van der Waals surface area (Å²) in [7, 11) is 0. The van der Waals surface area contributed by atoms with Crippen LogP contribution in [0.25, 0.3) is 6.08 Å². The molecule has 0 aliphatic carbocycles. The third-order valence-electron chi connectivity index (χ3n) is 4.54. The molecule has 1 N–H and O–H groups in total. The molecule has 0 unspecified atom stereocenters. The first-order chi connectivity index (χ1) is 13.1. The fourth-order valence-electron chi connectivity index (χ4n) is 3.06. The summed E-state index contributed by atoms with van der Waals surface area (Å²) in [4.78, 5) is 21.5. The highest BCUT2D eigenvalue weighted by Gasteiger charge is 2.28. The fourth-order valence-corrected chi connectivity index (χ4v) is 4.15. The number of anilines is 1. The van der Waals surface area contributed by atoms with Gasteiger partial charge >= 0.3 is 0 Å². The highest BCUT2D eigenvalue weighted by atomic mass is 35.5. The number of aliphatic imine (C=N–C) groups is 1. The average Bonchev–Trinajstić information content (AvgIpc) is 3.05.